The highest BCUT2D eigenvalue weighted by Crippen LogP contribution is 2.22. The van der Waals surface area contributed by atoms with Crippen LogP contribution in [0.25, 0.3) is 0 Å². The van der Waals surface area contributed by atoms with Gasteiger partial charge in [-0.05, 0) is 19.4 Å². The van der Waals surface area contributed by atoms with E-state index in [0.29, 0.717) is 5.15 Å². The minimum Gasteiger partial charge on any atom is -0.355 e. The molecule has 4 heteroatoms. The van der Waals surface area contributed by atoms with Crippen molar-refractivity contribution in [2.24, 2.45) is 0 Å². The molecule has 0 saturated carbocycles. The number of hydrogen-bond donors (Lipinski definition) is 0. The van der Waals surface area contributed by atoms with Crippen LogP contribution < -0.4 is 4.90 Å². The Morgan fingerprint density at radius 2 is 2.00 bits per heavy atom. The molecule has 0 aliphatic carbocycles. The second-order valence-electron chi connectivity index (χ2n) is 4.46. The molecular formula is C14H16ClN3. The molecule has 0 saturated heterocycles. The van der Waals surface area contributed by atoms with Crippen molar-refractivity contribution in [1.82, 2.24) is 9.97 Å². The van der Waals surface area contributed by atoms with Crippen LogP contribution in [0.2, 0.25) is 5.15 Å². The summed E-state index contributed by atoms with van der Waals surface area (Å²) in [6.45, 7) is 4.83. The van der Waals surface area contributed by atoms with Crippen LogP contribution in [0, 0.1) is 13.8 Å². The first-order valence-corrected chi connectivity index (χ1v) is 6.19. The Balaban J connectivity index is 2.22. The molecule has 0 amide bonds. The molecule has 2 rings (SSSR count). The molecule has 0 bridgehead atoms. The van der Waals surface area contributed by atoms with E-state index in [-0.39, 0.29) is 0 Å². The summed E-state index contributed by atoms with van der Waals surface area (Å²) in [7, 11) is 2.01. The largest absolute Gasteiger partial charge is 0.355 e. The standard InChI is InChI=1S/C14H16ClN3/c1-10-5-4-6-12(7-10)8-18(3)14-11(2)13(15)16-9-17-14/h4-7,9H,8H2,1-3H3. The number of rotatable bonds is 3. The number of benzene rings is 1. The SMILES string of the molecule is Cc1cccc(CN(C)c2ncnc(Cl)c2C)c1. The number of nitrogens with zero attached hydrogens (tertiary/aromatic N) is 3. The third-order valence-electron chi connectivity index (χ3n) is 2.86. The van der Waals surface area contributed by atoms with Gasteiger partial charge in [0, 0.05) is 19.2 Å². The lowest BCUT2D eigenvalue weighted by molar-refractivity contribution is 0.881. The van der Waals surface area contributed by atoms with Gasteiger partial charge in [-0.1, -0.05) is 41.4 Å². The Hall–Kier alpha value is -1.61. The van der Waals surface area contributed by atoms with E-state index in [1.807, 2.05) is 14.0 Å². The Kier molecular flexibility index (Phi) is 3.82. The molecule has 0 N–H and O–H groups in total. The molecule has 18 heavy (non-hydrogen) atoms. The summed E-state index contributed by atoms with van der Waals surface area (Å²) in [5, 5.41) is 0.510. The molecule has 1 aromatic heterocycles. The van der Waals surface area contributed by atoms with E-state index < -0.39 is 0 Å². The lowest BCUT2D eigenvalue weighted by Crippen LogP contribution is -2.19. The van der Waals surface area contributed by atoms with Crippen molar-refractivity contribution in [1.29, 1.82) is 0 Å². The number of aryl methyl sites for hydroxylation is 1. The molecule has 0 fully saturated rings. The van der Waals surface area contributed by atoms with Gasteiger partial charge in [0.15, 0.2) is 0 Å². The molecule has 0 unspecified atom stereocenters. The lowest BCUT2D eigenvalue weighted by atomic mass is 10.1. The molecule has 0 aliphatic heterocycles. The van der Waals surface area contributed by atoms with Gasteiger partial charge >= 0.3 is 0 Å². The summed E-state index contributed by atoms with van der Waals surface area (Å²) < 4.78 is 0. The highest BCUT2D eigenvalue weighted by Gasteiger charge is 2.10. The van der Waals surface area contributed by atoms with Crippen molar-refractivity contribution in [2.45, 2.75) is 20.4 Å². The van der Waals surface area contributed by atoms with Crippen LogP contribution in [0.1, 0.15) is 16.7 Å². The molecular weight excluding hydrogens is 246 g/mol. The topological polar surface area (TPSA) is 29.0 Å². The van der Waals surface area contributed by atoms with Crippen molar-refractivity contribution >= 4 is 17.4 Å². The highest BCUT2D eigenvalue weighted by molar-refractivity contribution is 6.30. The second-order valence-corrected chi connectivity index (χ2v) is 4.82. The van der Waals surface area contributed by atoms with Crippen LogP contribution >= 0.6 is 11.6 Å². The zero-order valence-corrected chi connectivity index (χ0v) is 11.6. The molecule has 0 atom stereocenters. The van der Waals surface area contributed by atoms with Gasteiger partial charge in [0.05, 0.1) is 0 Å². The van der Waals surface area contributed by atoms with Crippen LogP contribution in [0.4, 0.5) is 5.82 Å². The predicted octanol–water partition coefficient (Wildman–Crippen LogP) is 3.38. The Labute approximate surface area is 112 Å². The van der Waals surface area contributed by atoms with Crippen molar-refractivity contribution in [3.8, 4) is 0 Å². The van der Waals surface area contributed by atoms with E-state index in [1.54, 1.807) is 0 Å². The summed E-state index contributed by atoms with van der Waals surface area (Å²) in [6, 6.07) is 8.45. The van der Waals surface area contributed by atoms with Gasteiger partial charge in [0.2, 0.25) is 0 Å². The van der Waals surface area contributed by atoms with E-state index in [1.165, 1.54) is 17.5 Å². The van der Waals surface area contributed by atoms with E-state index in [4.69, 9.17) is 11.6 Å². The maximum absolute atomic E-state index is 6.01. The fraction of sp³-hybridized carbons (Fsp3) is 0.286. The third-order valence-corrected chi connectivity index (χ3v) is 3.24. The van der Waals surface area contributed by atoms with Crippen LogP contribution in [-0.2, 0) is 6.54 Å². The van der Waals surface area contributed by atoms with Crippen LogP contribution in [0.5, 0.6) is 0 Å². The normalized spacial score (nSPS) is 10.4. The van der Waals surface area contributed by atoms with Gasteiger partial charge in [0.1, 0.15) is 17.3 Å². The lowest BCUT2D eigenvalue weighted by Gasteiger charge is -2.20. The fourth-order valence-corrected chi connectivity index (χ4v) is 2.09. The molecule has 1 aromatic carbocycles. The van der Waals surface area contributed by atoms with Crippen LogP contribution in [0.15, 0.2) is 30.6 Å². The Morgan fingerprint density at radius 3 is 2.72 bits per heavy atom. The molecule has 2 aromatic rings. The van der Waals surface area contributed by atoms with Crippen molar-refractivity contribution in [3.63, 3.8) is 0 Å². The monoisotopic (exact) mass is 261 g/mol. The van der Waals surface area contributed by atoms with Crippen molar-refractivity contribution in [2.75, 3.05) is 11.9 Å². The number of aromatic nitrogens is 2. The molecule has 0 radical (unpaired) electrons. The molecule has 0 aliphatic rings. The van der Waals surface area contributed by atoms with Gasteiger partial charge in [-0.15, -0.1) is 0 Å². The summed E-state index contributed by atoms with van der Waals surface area (Å²) in [5.74, 6) is 0.872. The van der Waals surface area contributed by atoms with Crippen molar-refractivity contribution < 1.29 is 0 Å². The summed E-state index contributed by atoms with van der Waals surface area (Å²) in [5.41, 5.74) is 3.43. The van der Waals surface area contributed by atoms with E-state index in [2.05, 4.69) is 46.1 Å². The second kappa shape index (κ2) is 5.36. The zero-order chi connectivity index (χ0) is 13.1. The summed E-state index contributed by atoms with van der Waals surface area (Å²) in [4.78, 5) is 10.3. The first-order chi connectivity index (χ1) is 8.58. The smallest absolute Gasteiger partial charge is 0.137 e. The van der Waals surface area contributed by atoms with Gasteiger partial charge in [-0.2, -0.15) is 0 Å². The Bertz CT molecular complexity index is 554. The molecule has 0 spiro atoms. The van der Waals surface area contributed by atoms with Crippen LogP contribution in [0.3, 0.4) is 0 Å². The fourth-order valence-electron chi connectivity index (χ4n) is 1.96. The molecule has 94 valence electrons. The number of hydrogen-bond acceptors (Lipinski definition) is 3. The Morgan fingerprint density at radius 1 is 1.22 bits per heavy atom. The predicted molar refractivity (Wildman–Crippen MR) is 75.1 cm³/mol. The van der Waals surface area contributed by atoms with Crippen LogP contribution in [-0.4, -0.2) is 17.0 Å². The third kappa shape index (κ3) is 2.79. The van der Waals surface area contributed by atoms with E-state index in [0.717, 1.165) is 17.9 Å². The quantitative estimate of drug-likeness (QED) is 0.793. The van der Waals surface area contributed by atoms with E-state index in [9.17, 15) is 0 Å². The number of halogens is 1. The van der Waals surface area contributed by atoms with Gasteiger partial charge < -0.3 is 4.90 Å². The summed E-state index contributed by atoms with van der Waals surface area (Å²) >= 11 is 6.01. The first-order valence-electron chi connectivity index (χ1n) is 5.81. The van der Waals surface area contributed by atoms with E-state index >= 15 is 0 Å². The van der Waals surface area contributed by atoms with Gasteiger partial charge in [0.25, 0.3) is 0 Å². The average molecular weight is 262 g/mol. The molecule has 3 nitrogen and oxygen atoms in total. The van der Waals surface area contributed by atoms with Gasteiger partial charge in [-0.25, -0.2) is 9.97 Å². The minimum atomic E-state index is 0.510. The average Bonchev–Trinajstić information content (AvgIpc) is 2.32. The van der Waals surface area contributed by atoms with Crippen molar-refractivity contribution in [3.05, 3.63) is 52.4 Å². The number of anilines is 1. The van der Waals surface area contributed by atoms with Gasteiger partial charge in [-0.3, -0.25) is 0 Å². The zero-order valence-electron chi connectivity index (χ0n) is 10.8. The maximum Gasteiger partial charge on any atom is 0.137 e. The molecule has 1 heterocycles. The highest BCUT2D eigenvalue weighted by atomic mass is 35.5. The minimum absolute atomic E-state index is 0.510. The summed E-state index contributed by atoms with van der Waals surface area (Å²) in [6.07, 6.45) is 1.50. The first kappa shape index (κ1) is 12.8. The maximum atomic E-state index is 6.01.